The lowest BCUT2D eigenvalue weighted by molar-refractivity contribution is 0.102. The second-order valence-electron chi connectivity index (χ2n) is 10.7. The van der Waals surface area contributed by atoms with Crippen LogP contribution in [0.1, 0.15) is 48.0 Å². The third-order valence-corrected chi connectivity index (χ3v) is 8.00. The molecule has 8 nitrogen and oxygen atoms in total. The summed E-state index contributed by atoms with van der Waals surface area (Å²) in [7, 11) is 2.05. The average molecular weight is 556 g/mol. The number of anilines is 3. The van der Waals surface area contributed by atoms with Crippen molar-refractivity contribution in [3.63, 3.8) is 0 Å². The van der Waals surface area contributed by atoms with Crippen molar-refractivity contribution >= 4 is 34.0 Å². The predicted octanol–water partition coefficient (Wildman–Crippen LogP) is 5.56. The third-order valence-electron chi connectivity index (χ3n) is 8.00. The van der Waals surface area contributed by atoms with E-state index >= 15 is 0 Å². The fourth-order valence-corrected chi connectivity index (χ4v) is 5.70. The SMILES string of the molecule is CCOCCCN(c1ccnc(NC(=O)c2ccc(C3CCN(CCO)CC3)cc2)c1)c1ccc2c(ccn2C)c1. The Morgan fingerprint density at radius 2 is 1.85 bits per heavy atom. The van der Waals surface area contributed by atoms with Gasteiger partial charge in [0.05, 0.1) is 6.61 Å². The maximum atomic E-state index is 13.1. The Morgan fingerprint density at radius 3 is 2.61 bits per heavy atom. The molecule has 0 bridgehead atoms. The highest BCUT2D eigenvalue weighted by Crippen LogP contribution is 2.31. The predicted molar refractivity (Wildman–Crippen MR) is 165 cm³/mol. The number of piperidine rings is 1. The van der Waals surface area contributed by atoms with Crippen molar-refractivity contribution in [2.75, 3.05) is 56.2 Å². The highest BCUT2D eigenvalue weighted by Gasteiger charge is 2.20. The standard InChI is InChI=1S/C33H41N5O3/c1-3-41-22-4-16-38(29-9-10-31-28(23-29)12-17-36(31)2)30-11-15-34-32(24-30)35-33(40)27-7-5-25(6-8-27)26-13-18-37(19-14-26)20-21-39/h5-12,15,17,23-24,26,39H,3-4,13-14,16,18-22H2,1-2H3,(H,34,35,40). The summed E-state index contributed by atoms with van der Waals surface area (Å²) in [6.07, 6.45) is 6.83. The number of hydrogen-bond donors (Lipinski definition) is 2. The van der Waals surface area contributed by atoms with Gasteiger partial charge in [-0.25, -0.2) is 4.98 Å². The summed E-state index contributed by atoms with van der Waals surface area (Å²) in [5, 5.41) is 13.4. The molecule has 3 heterocycles. The van der Waals surface area contributed by atoms with Crippen molar-refractivity contribution < 1.29 is 14.6 Å². The molecule has 0 radical (unpaired) electrons. The highest BCUT2D eigenvalue weighted by atomic mass is 16.5. The van der Waals surface area contributed by atoms with Gasteiger partial charge in [0.15, 0.2) is 0 Å². The molecule has 1 saturated heterocycles. The Bertz CT molecular complexity index is 1430. The van der Waals surface area contributed by atoms with Crippen molar-refractivity contribution in [1.82, 2.24) is 14.5 Å². The van der Waals surface area contributed by atoms with Crippen LogP contribution in [0, 0.1) is 0 Å². The van der Waals surface area contributed by atoms with Gasteiger partial charge in [0.2, 0.25) is 0 Å². The highest BCUT2D eigenvalue weighted by molar-refractivity contribution is 6.04. The number of β-amino-alcohol motifs (C(OH)–C–C–N with tert-alkyl or cyclic N) is 1. The van der Waals surface area contributed by atoms with E-state index in [1.165, 1.54) is 16.5 Å². The zero-order chi connectivity index (χ0) is 28.6. The fourth-order valence-electron chi connectivity index (χ4n) is 5.70. The third kappa shape index (κ3) is 7.14. The summed E-state index contributed by atoms with van der Waals surface area (Å²) in [4.78, 5) is 22.2. The molecule has 1 fully saturated rings. The number of fused-ring (bicyclic) bond motifs is 1. The number of amides is 1. The lowest BCUT2D eigenvalue weighted by Crippen LogP contribution is -2.34. The molecule has 2 N–H and O–H groups in total. The minimum absolute atomic E-state index is 0.174. The fraction of sp³-hybridized carbons (Fsp3) is 0.394. The summed E-state index contributed by atoms with van der Waals surface area (Å²) in [5.74, 6) is 0.834. The molecule has 2 aromatic heterocycles. The quantitative estimate of drug-likeness (QED) is 0.223. The molecule has 5 rings (SSSR count). The van der Waals surface area contributed by atoms with Gasteiger partial charge < -0.3 is 29.5 Å². The Morgan fingerprint density at radius 1 is 1.07 bits per heavy atom. The van der Waals surface area contributed by atoms with E-state index in [0.29, 0.717) is 30.5 Å². The largest absolute Gasteiger partial charge is 0.395 e. The van der Waals surface area contributed by atoms with Gasteiger partial charge in [0.1, 0.15) is 5.82 Å². The van der Waals surface area contributed by atoms with E-state index in [-0.39, 0.29) is 12.5 Å². The van der Waals surface area contributed by atoms with Gasteiger partial charge >= 0.3 is 0 Å². The summed E-state index contributed by atoms with van der Waals surface area (Å²) >= 11 is 0. The minimum Gasteiger partial charge on any atom is -0.395 e. The first-order valence-electron chi connectivity index (χ1n) is 14.7. The monoisotopic (exact) mass is 555 g/mol. The van der Waals surface area contributed by atoms with Crippen LogP contribution in [0.25, 0.3) is 10.9 Å². The molecule has 0 unspecified atom stereocenters. The molecule has 1 aliphatic heterocycles. The first-order valence-corrected chi connectivity index (χ1v) is 14.7. The van der Waals surface area contributed by atoms with E-state index in [4.69, 9.17) is 4.74 Å². The number of nitrogens with one attached hydrogen (secondary N) is 1. The second kappa shape index (κ2) is 13.8. The van der Waals surface area contributed by atoms with Crippen LogP contribution in [-0.4, -0.2) is 71.5 Å². The Hall–Kier alpha value is -3.72. The van der Waals surface area contributed by atoms with Crippen LogP contribution in [0.15, 0.2) is 73.1 Å². The number of ether oxygens (including phenoxy) is 1. The van der Waals surface area contributed by atoms with Crippen molar-refractivity contribution in [3.8, 4) is 0 Å². The number of rotatable bonds is 12. The number of pyridine rings is 1. The number of aromatic nitrogens is 2. The molecular formula is C33H41N5O3. The van der Waals surface area contributed by atoms with Crippen LogP contribution in [0.5, 0.6) is 0 Å². The first kappa shape index (κ1) is 28.8. The molecule has 1 aliphatic rings. The Labute approximate surface area is 242 Å². The molecule has 0 spiro atoms. The number of aliphatic hydroxyl groups excluding tert-OH is 1. The first-order chi connectivity index (χ1) is 20.1. The van der Waals surface area contributed by atoms with Gasteiger partial charge in [-0.3, -0.25) is 4.79 Å². The van der Waals surface area contributed by atoms with E-state index in [0.717, 1.165) is 56.8 Å². The Balaban J connectivity index is 1.28. The van der Waals surface area contributed by atoms with Crippen molar-refractivity contribution in [2.45, 2.75) is 32.1 Å². The number of carbonyl (C=O) groups is 1. The summed E-state index contributed by atoms with van der Waals surface area (Å²) in [5.41, 5.74) is 5.11. The molecule has 8 heteroatoms. The van der Waals surface area contributed by atoms with E-state index in [1.54, 1.807) is 6.20 Å². The number of nitrogens with zero attached hydrogens (tertiary/aromatic N) is 4. The number of likely N-dealkylation sites (tertiary alicyclic amines) is 1. The number of aryl methyl sites for hydroxylation is 1. The topological polar surface area (TPSA) is 82.9 Å². The van der Waals surface area contributed by atoms with Gasteiger partial charge in [-0.05, 0) is 93.2 Å². The average Bonchev–Trinajstić information content (AvgIpc) is 3.37. The maximum Gasteiger partial charge on any atom is 0.256 e. The molecule has 2 aromatic carbocycles. The van der Waals surface area contributed by atoms with Crippen LogP contribution in [0.3, 0.4) is 0 Å². The number of carbonyl (C=O) groups excluding carboxylic acids is 1. The number of benzene rings is 2. The van der Waals surface area contributed by atoms with Crippen molar-refractivity contribution in [3.05, 3.63) is 84.2 Å². The second-order valence-corrected chi connectivity index (χ2v) is 10.7. The van der Waals surface area contributed by atoms with E-state index < -0.39 is 0 Å². The van der Waals surface area contributed by atoms with Crippen LogP contribution in [0.4, 0.5) is 17.2 Å². The lowest BCUT2D eigenvalue weighted by Gasteiger charge is -2.31. The zero-order valence-corrected chi connectivity index (χ0v) is 24.1. The van der Waals surface area contributed by atoms with Crippen LogP contribution in [0.2, 0.25) is 0 Å². The summed E-state index contributed by atoms with van der Waals surface area (Å²) in [6.45, 7) is 7.12. The van der Waals surface area contributed by atoms with Gasteiger partial charge in [0, 0.05) is 79.7 Å². The molecule has 0 atom stereocenters. The van der Waals surface area contributed by atoms with Crippen LogP contribution in [-0.2, 0) is 11.8 Å². The smallest absolute Gasteiger partial charge is 0.256 e. The van der Waals surface area contributed by atoms with Crippen LogP contribution >= 0.6 is 0 Å². The normalized spacial score (nSPS) is 14.4. The van der Waals surface area contributed by atoms with Gasteiger partial charge in [-0.2, -0.15) is 0 Å². The molecule has 216 valence electrons. The lowest BCUT2D eigenvalue weighted by atomic mass is 9.89. The number of hydrogen-bond acceptors (Lipinski definition) is 6. The molecule has 4 aromatic rings. The molecule has 0 aliphatic carbocycles. The molecule has 1 amide bonds. The Kier molecular flexibility index (Phi) is 9.67. The van der Waals surface area contributed by atoms with Crippen molar-refractivity contribution in [1.29, 1.82) is 0 Å². The van der Waals surface area contributed by atoms with Crippen LogP contribution < -0.4 is 10.2 Å². The van der Waals surface area contributed by atoms with Gasteiger partial charge in [-0.1, -0.05) is 12.1 Å². The van der Waals surface area contributed by atoms with E-state index in [9.17, 15) is 9.90 Å². The number of aliphatic hydroxyl groups is 1. The van der Waals surface area contributed by atoms with Gasteiger partial charge in [-0.15, -0.1) is 0 Å². The maximum absolute atomic E-state index is 13.1. The van der Waals surface area contributed by atoms with Gasteiger partial charge in [0.25, 0.3) is 5.91 Å². The van der Waals surface area contributed by atoms with E-state index in [1.807, 2.05) is 31.2 Å². The molecule has 41 heavy (non-hydrogen) atoms. The zero-order valence-electron chi connectivity index (χ0n) is 24.1. The summed E-state index contributed by atoms with van der Waals surface area (Å²) < 4.78 is 7.72. The molecule has 0 saturated carbocycles. The minimum atomic E-state index is -0.174. The van der Waals surface area contributed by atoms with E-state index in [2.05, 4.69) is 74.3 Å². The molecular weight excluding hydrogens is 514 g/mol. The summed E-state index contributed by atoms with van der Waals surface area (Å²) in [6, 6.07) is 20.5. The van der Waals surface area contributed by atoms with Crippen molar-refractivity contribution in [2.24, 2.45) is 7.05 Å².